The normalized spacial score (nSPS) is 13.2. The van der Waals surface area contributed by atoms with Gasteiger partial charge in [0.1, 0.15) is 5.82 Å². The minimum Gasteiger partial charge on any atom is -0.372 e. The lowest BCUT2D eigenvalue weighted by molar-refractivity contribution is -0.384. The van der Waals surface area contributed by atoms with Gasteiger partial charge in [-0.15, -0.1) is 24.2 Å². The Bertz CT molecular complexity index is 1200. The van der Waals surface area contributed by atoms with Gasteiger partial charge in [-0.05, 0) is 41.5 Å². The van der Waals surface area contributed by atoms with Crippen molar-refractivity contribution >= 4 is 47.3 Å². The van der Waals surface area contributed by atoms with Gasteiger partial charge in [-0.1, -0.05) is 36.4 Å². The van der Waals surface area contributed by atoms with E-state index in [9.17, 15) is 14.5 Å². The number of halogens is 2. The van der Waals surface area contributed by atoms with Crippen molar-refractivity contribution in [2.24, 2.45) is 4.99 Å². The SMILES string of the molecule is CN1CCN=C(/C=C/c2cc([N+](=O)[O-])ccc2SCc2ccccc2)c2cc(F)ccc21.Cl. The largest absolute Gasteiger partial charge is 0.372 e. The molecule has 0 fully saturated rings. The van der Waals surface area contributed by atoms with Crippen molar-refractivity contribution < 1.29 is 9.31 Å². The molecule has 1 heterocycles. The number of thioether (sulfide) groups is 1. The third-order valence-electron chi connectivity index (χ3n) is 5.23. The van der Waals surface area contributed by atoms with Crippen molar-refractivity contribution in [2.75, 3.05) is 25.0 Å². The van der Waals surface area contributed by atoms with E-state index in [1.54, 1.807) is 30.0 Å². The molecule has 0 N–H and O–H groups in total. The number of fused-ring (bicyclic) bond motifs is 1. The van der Waals surface area contributed by atoms with Gasteiger partial charge in [0.25, 0.3) is 5.69 Å². The summed E-state index contributed by atoms with van der Waals surface area (Å²) in [6, 6.07) is 19.6. The molecule has 0 radical (unpaired) electrons. The van der Waals surface area contributed by atoms with Crippen LogP contribution in [0.25, 0.3) is 6.08 Å². The third-order valence-corrected chi connectivity index (χ3v) is 6.39. The first-order chi connectivity index (χ1) is 15.5. The molecule has 3 aromatic carbocycles. The number of nitro benzene ring substituents is 1. The number of hydrogen-bond acceptors (Lipinski definition) is 5. The molecule has 0 amide bonds. The Morgan fingerprint density at radius 1 is 1.12 bits per heavy atom. The zero-order valence-electron chi connectivity index (χ0n) is 18.0. The summed E-state index contributed by atoms with van der Waals surface area (Å²) in [5, 5.41) is 11.3. The van der Waals surface area contributed by atoms with Gasteiger partial charge in [0, 0.05) is 47.6 Å². The summed E-state index contributed by atoms with van der Waals surface area (Å²) in [6.45, 7) is 1.31. The summed E-state index contributed by atoms with van der Waals surface area (Å²) < 4.78 is 14.0. The molecule has 1 aliphatic heterocycles. The van der Waals surface area contributed by atoms with Crippen molar-refractivity contribution in [3.8, 4) is 0 Å². The van der Waals surface area contributed by atoms with Gasteiger partial charge in [-0.3, -0.25) is 15.1 Å². The quantitative estimate of drug-likeness (QED) is 0.231. The van der Waals surface area contributed by atoms with Crippen molar-refractivity contribution in [3.05, 3.63) is 105 Å². The fourth-order valence-corrected chi connectivity index (χ4v) is 4.50. The van der Waals surface area contributed by atoms with Crippen molar-refractivity contribution in [1.29, 1.82) is 0 Å². The first kappa shape index (κ1) is 24.5. The van der Waals surface area contributed by atoms with Crippen LogP contribution in [-0.4, -0.2) is 30.8 Å². The molecular weight excluding hydrogens is 461 g/mol. The van der Waals surface area contributed by atoms with E-state index in [1.165, 1.54) is 23.8 Å². The van der Waals surface area contributed by atoms with Crippen molar-refractivity contribution in [3.63, 3.8) is 0 Å². The van der Waals surface area contributed by atoms with E-state index in [2.05, 4.69) is 17.1 Å². The van der Waals surface area contributed by atoms with Gasteiger partial charge in [-0.2, -0.15) is 0 Å². The van der Waals surface area contributed by atoms with Crippen LogP contribution < -0.4 is 4.90 Å². The average Bonchev–Trinajstić information content (AvgIpc) is 2.95. The number of aliphatic imine (C=N–C) groups is 1. The van der Waals surface area contributed by atoms with E-state index in [1.807, 2.05) is 42.3 Å². The molecule has 0 aliphatic carbocycles. The van der Waals surface area contributed by atoms with Gasteiger partial charge < -0.3 is 4.90 Å². The summed E-state index contributed by atoms with van der Waals surface area (Å²) in [6.07, 6.45) is 3.65. The molecule has 4 rings (SSSR count). The minimum atomic E-state index is -0.397. The predicted octanol–water partition coefficient (Wildman–Crippen LogP) is 6.40. The molecular formula is C25H23ClFN3O2S. The van der Waals surface area contributed by atoms with Gasteiger partial charge in [0.15, 0.2) is 0 Å². The Hall–Kier alpha value is -3.16. The number of benzene rings is 3. The van der Waals surface area contributed by atoms with E-state index < -0.39 is 4.92 Å². The fourth-order valence-electron chi connectivity index (χ4n) is 3.53. The molecule has 8 heteroatoms. The van der Waals surface area contributed by atoms with Crippen molar-refractivity contribution in [1.82, 2.24) is 0 Å². The highest BCUT2D eigenvalue weighted by molar-refractivity contribution is 7.98. The first-order valence-electron chi connectivity index (χ1n) is 10.2. The van der Waals surface area contributed by atoms with Crippen LogP contribution >= 0.6 is 24.2 Å². The molecule has 1 aliphatic rings. The Morgan fingerprint density at radius 2 is 1.91 bits per heavy atom. The summed E-state index contributed by atoms with van der Waals surface area (Å²) in [7, 11) is 1.96. The molecule has 0 bridgehead atoms. The van der Waals surface area contributed by atoms with E-state index >= 15 is 0 Å². The van der Waals surface area contributed by atoms with Crippen molar-refractivity contribution in [2.45, 2.75) is 10.6 Å². The maximum atomic E-state index is 14.0. The lowest BCUT2D eigenvalue weighted by atomic mass is 10.0. The van der Waals surface area contributed by atoms with Gasteiger partial charge in [0.2, 0.25) is 0 Å². The molecule has 0 aromatic heterocycles. The number of likely N-dealkylation sites (N-methyl/N-ethyl adjacent to an activating group) is 1. The summed E-state index contributed by atoms with van der Waals surface area (Å²) in [5.41, 5.74) is 4.22. The van der Waals surface area contributed by atoms with Crippen LogP contribution in [0.4, 0.5) is 15.8 Å². The van der Waals surface area contributed by atoms with Crippen LogP contribution in [0.1, 0.15) is 16.7 Å². The Balaban J connectivity index is 0.00000306. The van der Waals surface area contributed by atoms with Crippen LogP contribution in [0, 0.1) is 15.9 Å². The molecule has 170 valence electrons. The van der Waals surface area contributed by atoms with Gasteiger partial charge >= 0.3 is 0 Å². The summed E-state index contributed by atoms with van der Waals surface area (Å²) in [4.78, 5) is 18.6. The Kier molecular flexibility index (Phi) is 8.25. The maximum absolute atomic E-state index is 14.0. The lowest BCUT2D eigenvalue weighted by Gasteiger charge is -2.18. The maximum Gasteiger partial charge on any atom is 0.270 e. The highest BCUT2D eigenvalue weighted by Gasteiger charge is 2.16. The second-order valence-corrected chi connectivity index (χ2v) is 8.45. The molecule has 0 unspecified atom stereocenters. The molecule has 33 heavy (non-hydrogen) atoms. The molecule has 5 nitrogen and oxygen atoms in total. The van der Waals surface area contributed by atoms with Gasteiger partial charge in [-0.25, -0.2) is 4.39 Å². The number of hydrogen-bond donors (Lipinski definition) is 0. The van der Waals surface area contributed by atoms with Gasteiger partial charge in [0.05, 0.1) is 17.2 Å². The van der Waals surface area contributed by atoms with Crippen LogP contribution in [-0.2, 0) is 5.75 Å². The second kappa shape index (κ2) is 11.1. The van der Waals surface area contributed by atoms with Crippen LogP contribution in [0.3, 0.4) is 0 Å². The standard InChI is InChI=1S/C25H22FN3O2S.ClH/c1-28-14-13-27-23(22-16-20(26)8-11-24(22)28)10-7-19-15-21(29(30)31)9-12-25(19)32-17-18-5-3-2-4-6-18;/h2-12,15-16H,13-14,17H2,1H3;1H/b10-7+;. The van der Waals surface area contributed by atoms with Crippen LogP contribution in [0.15, 0.2) is 82.7 Å². The summed E-state index contributed by atoms with van der Waals surface area (Å²) in [5.74, 6) is 0.425. The van der Waals surface area contributed by atoms with E-state index in [4.69, 9.17) is 0 Å². The smallest absolute Gasteiger partial charge is 0.270 e. The summed E-state index contributed by atoms with van der Waals surface area (Å²) >= 11 is 1.62. The first-order valence-corrected chi connectivity index (χ1v) is 11.2. The predicted molar refractivity (Wildman–Crippen MR) is 136 cm³/mol. The van der Waals surface area contributed by atoms with E-state index in [-0.39, 0.29) is 23.9 Å². The van der Waals surface area contributed by atoms with Crippen LogP contribution in [0.2, 0.25) is 0 Å². The average molecular weight is 484 g/mol. The Labute approximate surface area is 202 Å². The Morgan fingerprint density at radius 3 is 2.67 bits per heavy atom. The number of nitro groups is 1. The number of rotatable bonds is 6. The minimum absolute atomic E-state index is 0. The third kappa shape index (κ3) is 6.00. The fraction of sp³-hybridized carbons (Fsp3) is 0.160. The topological polar surface area (TPSA) is 58.7 Å². The van der Waals surface area contributed by atoms with E-state index in [0.29, 0.717) is 17.8 Å². The number of non-ortho nitro benzene ring substituents is 1. The molecule has 0 saturated carbocycles. The molecule has 3 aromatic rings. The molecule has 0 spiro atoms. The monoisotopic (exact) mass is 483 g/mol. The highest BCUT2D eigenvalue weighted by atomic mass is 35.5. The number of benzodiazepines with no additional fused rings is 1. The highest BCUT2D eigenvalue weighted by Crippen LogP contribution is 2.31. The molecule has 0 saturated heterocycles. The lowest BCUT2D eigenvalue weighted by Crippen LogP contribution is -2.20. The second-order valence-electron chi connectivity index (χ2n) is 7.44. The van der Waals surface area contributed by atoms with Crippen LogP contribution in [0.5, 0.6) is 0 Å². The zero-order chi connectivity index (χ0) is 22.5. The number of anilines is 1. The number of allylic oxidation sites excluding steroid dienone is 1. The zero-order valence-corrected chi connectivity index (χ0v) is 19.6. The molecule has 0 atom stereocenters. The number of nitrogens with zero attached hydrogens (tertiary/aromatic N) is 3. The van der Waals surface area contributed by atoms with E-state index in [0.717, 1.165) is 28.4 Å².